The second-order valence-electron chi connectivity index (χ2n) is 5.21. The summed E-state index contributed by atoms with van der Waals surface area (Å²) in [5.74, 6) is -1.67. The number of nitrogens with one attached hydrogen (secondary N) is 1. The molecule has 2 rings (SSSR count). The van der Waals surface area contributed by atoms with Crippen LogP contribution in [0.4, 0.5) is 14.5 Å². The van der Waals surface area contributed by atoms with Crippen LogP contribution < -0.4 is 4.72 Å². The van der Waals surface area contributed by atoms with Crippen molar-refractivity contribution in [3.8, 4) is 0 Å². The molecular formula is C15H14F2N2O4S. The first-order valence-corrected chi connectivity index (χ1v) is 8.32. The lowest BCUT2D eigenvalue weighted by molar-refractivity contribution is -0.385. The van der Waals surface area contributed by atoms with Gasteiger partial charge in [-0.15, -0.1) is 0 Å². The van der Waals surface area contributed by atoms with E-state index in [1.807, 2.05) is 0 Å². The van der Waals surface area contributed by atoms with Crippen LogP contribution in [0.2, 0.25) is 0 Å². The molecule has 0 amide bonds. The van der Waals surface area contributed by atoms with Crippen LogP contribution in [0.25, 0.3) is 0 Å². The number of rotatable bonds is 5. The lowest BCUT2D eigenvalue weighted by Crippen LogP contribution is -2.27. The number of nitrogens with zero attached hydrogens (tertiary/aromatic N) is 1. The highest BCUT2D eigenvalue weighted by Crippen LogP contribution is 2.24. The van der Waals surface area contributed by atoms with Gasteiger partial charge in [0, 0.05) is 29.3 Å². The van der Waals surface area contributed by atoms with Gasteiger partial charge in [0.1, 0.15) is 11.6 Å². The van der Waals surface area contributed by atoms with Crippen molar-refractivity contribution in [2.24, 2.45) is 0 Å². The summed E-state index contributed by atoms with van der Waals surface area (Å²) < 4.78 is 53.6. The van der Waals surface area contributed by atoms with Gasteiger partial charge in [0.25, 0.3) is 5.69 Å². The molecule has 0 fully saturated rings. The molecule has 2 aromatic rings. The zero-order valence-corrected chi connectivity index (χ0v) is 13.6. The zero-order valence-electron chi connectivity index (χ0n) is 12.8. The first kappa shape index (κ1) is 18.0. The Bertz CT molecular complexity index is 900. The number of benzene rings is 2. The van der Waals surface area contributed by atoms with Gasteiger partial charge in [0.05, 0.1) is 9.82 Å². The predicted molar refractivity (Wildman–Crippen MR) is 82.9 cm³/mol. The van der Waals surface area contributed by atoms with Gasteiger partial charge in [-0.3, -0.25) is 10.1 Å². The molecule has 0 aliphatic heterocycles. The molecule has 6 nitrogen and oxygen atoms in total. The van der Waals surface area contributed by atoms with Crippen LogP contribution in [-0.2, 0) is 10.0 Å². The molecular weight excluding hydrogens is 342 g/mol. The lowest BCUT2D eigenvalue weighted by atomic mass is 10.1. The number of hydrogen-bond acceptors (Lipinski definition) is 4. The summed E-state index contributed by atoms with van der Waals surface area (Å²) in [6.45, 7) is 2.87. The number of nitro groups is 1. The average Bonchev–Trinajstić information content (AvgIpc) is 2.46. The van der Waals surface area contributed by atoms with Crippen molar-refractivity contribution in [3.63, 3.8) is 0 Å². The van der Waals surface area contributed by atoms with Crippen molar-refractivity contribution in [1.82, 2.24) is 4.72 Å². The van der Waals surface area contributed by atoms with Crippen LogP contribution in [0, 0.1) is 28.7 Å². The Kier molecular flexibility index (Phi) is 4.95. The third-order valence-corrected chi connectivity index (χ3v) is 4.99. The van der Waals surface area contributed by atoms with Crippen LogP contribution in [0.5, 0.6) is 0 Å². The first-order valence-electron chi connectivity index (χ1n) is 6.84. The van der Waals surface area contributed by atoms with Gasteiger partial charge >= 0.3 is 0 Å². The molecule has 2 aromatic carbocycles. The molecule has 9 heteroatoms. The molecule has 1 atom stereocenters. The third kappa shape index (κ3) is 3.74. The van der Waals surface area contributed by atoms with E-state index in [4.69, 9.17) is 0 Å². The second kappa shape index (κ2) is 6.62. The molecule has 128 valence electrons. The van der Waals surface area contributed by atoms with Gasteiger partial charge < -0.3 is 0 Å². The molecule has 0 saturated carbocycles. The second-order valence-corrected chi connectivity index (χ2v) is 6.93. The third-order valence-electron chi connectivity index (χ3n) is 3.45. The van der Waals surface area contributed by atoms with Crippen molar-refractivity contribution in [2.45, 2.75) is 24.8 Å². The van der Waals surface area contributed by atoms with E-state index in [2.05, 4.69) is 4.72 Å². The maximum absolute atomic E-state index is 13.7. The molecule has 0 bridgehead atoms. The molecule has 1 N–H and O–H groups in total. The molecule has 0 aliphatic carbocycles. The number of sulfonamides is 1. The van der Waals surface area contributed by atoms with Crippen molar-refractivity contribution in [3.05, 3.63) is 69.3 Å². The van der Waals surface area contributed by atoms with E-state index < -0.39 is 32.6 Å². The molecule has 0 heterocycles. The molecule has 0 radical (unpaired) electrons. The maximum Gasteiger partial charge on any atom is 0.273 e. The topological polar surface area (TPSA) is 89.3 Å². The van der Waals surface area contributed by atoms with Gasteiger partial charge in [-0.1, -0.05) is 12.1 Å². The van der Waals surface area contributed by atoms with Crippen molar-refractivity contribution >= 4 is 15.7 Å². The molecule has 0 spiro atoms. The van der Waals surface area contributed by atoms with Crippen molar-refractivity contribution in [2.75, 3.05) is 0 Å². The zero-order chi connectivity index (χ0) is 18.1. The summed E-state index contributed by atoms with van der Waals surface area (Å²) >= 11 is 0. The van der Waals surface area contributed by atoms with E-state index >= 15 is 0 Å². The van der Waals surface area contributed by atoms with Crippen LogP contribution in [0.1, 0.15) is 24.1 Å². The standard InChI is InChI=1S/C15H14F2N2O4S/c1-9-3-5-12(8-15(9)19(20)21)24(22,23)18-10(2)13-6-4-11(16)7-14(13)17/h3-8,10,18H,1-2H3/t10-/m0/s1. The van der Waals surface area contributed by atoms with Crippen LogP contribution in [0.15, 0.2) is 41.3 Å². The Hall–Kier alpha value is -2.39. The number of halogens is 2. The molecule has 0 unspecified atom stereocenters. The summed E-state index contributed by atoms with van der Waals surface area (Å²) in [6, 6.07) is 5.28. The van der Waals surface area contributed by atoms with Gasteiger partial charge in [0.15, 0.2) is 0 Å². The Morgan fingerprint density at radius 2 is 1.83 bits per heavy atom. The van der Waals surface area contributed by atoms with Gasteiger partial charge in [-0.2, -0.15) is 0 Å². The van der Waals surface area contributed by atoms with Gasteiger partial charge in [0.2, 0.25) is 10.0 Å². The normalized spacial score (nSPS) is 12.8. The predicted octanol–water partition coefficient (Wildman–Crippen LogP) is 3.22. The Morgan fingerprint density at radius 1 is 1.17 bits per heavy atom. The Morgan fingerprint density at radius 3 is 2.42 bits per heavy atom. The highest BCUT2D eigenvalue weighted by atomic mass is 32.2. The van der Waals surface area contributed by atoms with E-state index in [0.29, 0.717) is 11.6 Å². The van der Waals surface area contributed by atoms with Crippen LogP contribution in [-0.4, -0.2) is 13.3 Å². The van der Waals surface area contributed by atoms with Crippen LogP contribution in [0.3, 0.4) is 0 Å². The summed E-state index contributed by atoms with van der Waals surface area (Å²) in [7, 11) is -4.12. The fraction of sp³-hybridized carbons (Fsp3) is 0.200. The molecule has 0 aromatic heterocycles. The Balaban J connectivity index is 2.34. The highest BCUT2D eigenvalue weighted by Gasteiger charge is 2.23. The monoisotopic (exact) mass is 356 g/mol. The minimum atomic E-state index is -4.12. The minimum Gasteiger partial charge on any atom is -0.258 e. The SMILES string of the molecule is Cc1ccc(S(=O)(=O)N[C@@H](C)c2ccc(F)cc2F)cc1[N+](=O)[O-]. The largest absolute Gasteiger partial charge is 0.273 e. The fourth-order valence-corrected chi connectivity index (χ4v) is 3.41. The van der Waals surface area contributed by atoms with Gasteiger partial charge in [-0.05, 0) is 26.0 Å². The number of nitro benzene ring substituents is 1. The maximum atomic E-state index is 13.7. The number of hydrogen-bond donors (Lipinski definition) is 1. The summed E-state index contributed by atoms with van der Waals surface area (Å²) in [6.07, 6.45) is 0. The van der Waals surface area contributed by atoms with Crippen LogP contribution >= 0.6 is 0 Å². The fourth-order valence-electron chi connectivity index (χ4n) is 2.17. The Labute approximate surface area is 137 Å². The van der Waals surface area contributed by atoms with E-state index in [1.54, 1.807) is 0 Å². The average molecular weight is 356 g/mol. The summed E-state index contributed by atoms with van der Waals surface area (Å²) in [5.41, 5.74) is -0.0587. The highest BCUT2D eigenvalue weighted by molar-refractivity contribution is 7.89. The van der Waals surface area contributed by atoms with E-state index in [1.165, 1.54) is 26.0 Å². The van der Waals surface area contributed by atoms with Gasteiger partial charge in [-0.25, -0.2) is 21.9 Å². The quantitative estimate of drug-likeness (QED) is 0.658. The molecule has 0 saturated heterocycles. The summed E-state index contributed by atoms with van der Waals surface area (Å²) in [5, 5.41) is 10.9. The van der Waals surface area contributed by atoms with Crippen molar-refractivity contribution in [1.29, 1.82) is 0 Å². The summed E-state index contributed by atoms with van der Waals surface area (Å²) in [4.78, 5) is 9.93. The first-order chi connectivity index (χ1) is 11.1. The smallest absolute Gasteiger partial charge is 0.258 e. The van der Waals surface area contributed by atoms with E-state index in [9.17, 15) is 27.3 Å². The minimum absolute atomic E-state index is 0.0402. The molecule has 0 aliphatic rings. The van der Waals surface area contributed by atoms with E-state index in [0.717, 1.165) is 18.2 Å². The lowest BCUT2D eigenvalue weighted by Gasteiger charge is -2.15. The van der Waals surface area contributed by atoms with E-state index in [-0.39, 0.29) is 16.1 Å². The molecule has 24 heavy (non-hydrogen) atoms. The van der Waals surface area contributed by atoms with Crippen molar-refractivity contribution < 1.29 is 22.1 Å². The number of aryl methyl sites for hydroxylation is 1.